The van der Waals surface area contributed by atoms with Crippen molar-refractivity contribution in [3.05, 3.63) is 53.3 Å². The van der Waals surface area contributed by atoms with Gasteiger partial charge in [0, 0.05) is 23.2 Å². The van der Waals surface area contributed by atoms with Crippen molar-refractivity contribution in [1.82, 2.24) is 4.98 Å². The first kappa shape index (κ1) is 24.7. The molecule has 2 aromatic carbocycles. The first-order chi connectivity index (χ1) is 18.9. The van der Waals surface area contributed by atoms with Gasteiger partial charge in [-0.2, -0.15) is 0 Å². The van der Waals surface area contributed by atoms with Crippen molar-refractivity contribution in [2.24, 2.45) is 11.8 Å². The van der Waals surface area contributed by atoms with E-state index in [4.69, 9.17) is 33.2 Å². The Labute approximate surface area is 223 Å². The van der Waals surface area contributed by atoms with Gasteiger partial charge < -0.3 is 38.3 Å². The van der Waals surface area contributed by atoms with Gasteiger partial charge >= 0.3 is 11.9 Å². The number of esters is 2. The van der Waals surface area contributed by atoms with Crippen molar-refractivity contribution >= 4 is 11.9 Å². The summed E-state index contributed by atoms with van der Waals surface area (Å²) in [7, 11) is 4.56. The lowest BCUT2D eigenvalue weighted by molar-refractivity contribution is -0.141. The Morgan fingerprint density at radius 2 is 1.82 bits per heavy atom. The average Bonchev–Trinajstić information content (AvgIpc) is 3.57. The molecule has 0 amide bonds. The van der Waals surface area contributed by atoms with Crippen molar-refractivity contribution in [3.63, 3.8) is 0 Å². The standard InChI is InChI=1S/C28H25NO10/c1-33-19-7-13(8-20(34-2)25(19)35-3)22-14-9-16-17(11-36-27(16)31)24(15(14)10-21-26(22)38-12-37-21)39-28(32)23-18(30)5-4-6-29-23/h4-8,10,16-17,24,30H,9,11-12H2,1-3H3/t16-,17+,24+/m1/s1. The zero-order chi connectivity index (χ0) is 27.3. The molecule has 1 aliphatic carbocycles. The lowest BCUT2D eigenvalue weighted by atomic mass is 9.73. The van der Waals surface area contributed by atoms with Crippen LogP contribution >= 0.6 is 0 Å². The number of carbonyl (C=O) groups excluding carboxylic acids is 2. The Morgan fingerprint density at radius 3 is 2.51 bits per heavy atom. The number of pyridine rings is 1. The number of ether oxygens (including phenoxy) is 7. The van der Waals surface area contributed by atoms with Crippen molar-refractivity contribution in [2.75, 3.05) is 34.7 Å². The summed E-state index contributed by atoms with van der Waals surface area (Å²) in [4.78, 5) is 29.9. The smallest absolute Gasteiger partial charge is 0.361 e. The summed E-state index contributed by atoms with van der Waals surface area (Å²) in [5, 5.41) is 10.2. The van der Waals surface area contributed by atoms with E-state index in [1.165, 1.54) is 39.7 Å². The van der Waals surface area contributed by atoms with E-state index in [1.807, 2.05) is 0 Å². The van der Waals surface area contributed by atoms with Gasteiger partial charge in [-0.1, -0.05) is 0 Å². The maximum Gasteiger partial charge on any atom is 0.361 e. The molecule has 11 nitrogen and oxygen atoms in total. The maximum absolute atomic E-state index is 13.2. The van der Waals surface area contributed by atoms with Gasteiger partial charge in [0.05, 0.1) is 33.9 Å². The number of methoxy groups -OCH3 is 3. The third kappa shape index (κ3) is 3.92. The molecule has 202 valence electrons. The Hall–Kier alpha value is -4.67. The maximum atomic E-state index is 13.2. The lowest BCUT2D eigenvalue weighted by Gasteiger charge is -2.34. The van der Waals surface area contributed by atoms with E-state index in [1.54, 1.807) is 18.2 Å². The largest absolute Gasteiger partial charge is 0.505 e. The molecule has 39 heavy (non-hydrogen) atoms. The van der Waals surface area contributed by atoms with Gasteiger partial charge in [0.2, 0.25) is 12.5 Å². The van der Waals surface area contributed by atoms with Crippen LogP contribution in [0.4, 0.5) is 0 Å². The highest BCUT2D eigenvalue weighted by Crippen LogP contribution is 2.55. The van der Waals surface area contributed by atoms with E-state index in [0.717, 1.165) is 5.56 Å². The number of nitrogens with zero attached hydrogens (tertiary/aromatic N) is 1. The summed E-state index contributed by atoms with van der Waals surface area (Å²) >= 11 is 0. The first-order valence-corrected chi connectivity index (χ1v) is 12.2. The van der Waals surface area contributed by atoms with E-state index in [0.29, 0.717) is 51.9 Å². The predicted molar refractivity (Wildman–Crippen MR) is 133 cm³/mol. The second kappa shape index (κ2) is 9.57. The third-order valence-corrected chi connectivity index (χ3v) is 7.33. The molecule has 1 N–H and O–H groups in total. The van der Waals surface area contributed by atoms with Gasteiger partial charge in [-0.15, -0.1) is 0 Å². The fraction of sp³-hybridized carbons (Fsp3) is 0.321. The molecule has 0 spiro atoms. The van der Waals surface area contributed by atoms with Crippen molar-refractivity contribution in [2.45, 2.75) is 12.5 Å². The first-order valence-electron chi connectivity index (χ1n) is 12.2. The quantitative estimate of drug-likeness (QED) is 0.466. The number of benzene rings is 2. The fourth-order valence-corrected chi connectivity index (χ4v) is 5.54. The predicted octanol–water partition coefficient (Wildman–Crippen LogP) is 3.45. The summed E-state index contributed by atoms with van der Waals surface area (Å²) in [5.74, 6) is -0.275. The van der Waals surface area contributed by atoms with E-state index < -0.39 is 23.9 Å². The highest BCUT2D eigenvalue weighted by molar-refractivity contribution is 5.91. The number of aromatic hydroxyl groups is 1. The highest BCUT2D eigenvalue weighted by atomic mass is 16.7. The molecule has 1 saturated heterocycles. The minimum absolute atomic E-state index is 0.00316. The van der Waals surface area contributed by atoms with E-state index in [-0.39, 0.29) is 30.8 Å². The summed E-state index contributed by atoms with van der Waals surface area (Å²) in [6, 6.07) is 8.19. The van der Waals surface area contributed by atoms with E-state index >= 15 is 0 Å². The summed E-state index contributed by atoms with van der Waals surface area (Å²) in [6.07, 6.45) is 0.829. The fourth-order valence-electron chi connectivity index (χ4n) is 5.54. The number of rotatable bonds is 6. The Kier molecular flexibility index (Phi) is 6.05. The summed E-state index contributed by atoms with van der Waals surface area (Å²) < 4.78 is 39.7. The summed E-state index contributed by atoms with van der Waals surface area (Å²) in [6.45, 7) is 0.0832. The SMILES string of the molecule is COc1cc(-c2c3c(cc4c2OCO4)[C@H](OC(=O)c2ncccc2O)[C@H]2COC(=O)[C@@H]2C3)cc(OC)c1OC. The second-order valence-electron chi connectivity index (χ2n) is 9.27. The molecule has 6 rings (SSSR count). The van der Waals surface area contributed by atoms with Crippen LogP contribution in [0.2, 0.25) is 0 Å². The van der Waals surface area contributed by atoms with Gasteiger partial charge in [0.25, 0.3) is 0 Å². The number of cyclic esters (lactones) is 1. The minimum atomic E-state index is -0.880. The monoisotopic (exact) mass is 535 g/mol. The molecule has 1 aromatic heterocycles. The van der Waals surface area contributed by atoms with Crippen LogP contribution in [0.1, 0.15) is 27.7 Å². The highest BCUT2D eigenvalue weighted by Gasteiger charge is 2.50. The molecule has 11 heteroatoms. The molecule has 3 aromatic rings. The molecule has 2 aliphatic heterocycles. The molecule has 3 aliphatic rings. The molecule has 0 radical (unpaired) electrons. The number of hydrogen-bond acceptors (Lipinski definition) is 11. The van der Waals surface area contributed by atoms with Crippen LogP contribution in [-0.4, -0.2) is 56.8 Å². The van der Waals surface area contributed by atoms with Crippen LogP contribution in [0.5, 0.6) is 34.5 Å². The third-order valence-electron chi connectivity index (χ3n) is 7.33. The Bertz CT molecular complexity index is 1460. The van der Waals surface area contributed by atoms with Gasteiger partial charge in [-0.3, -0.25) is 4.79 Å². The zero-order valence-corrected chi connectivity index (χ0v) is 21.4. The van der Waals surface area contributed by atoms with Crippen LogP contribution < -0.4 is 23.7 Å². The van der Waals surface area contributed by atoms with Crippen LogP contribution in [0.3, 0.4) is 0 Å². The summed E-state index contributed by atoms with van der Waals surface area (Å²) in [5.41, 5.74) is 2.47. The molecule has 0 saturated carbocycles. The molecular formula is C28H25NO10. The van der Waals surface area contributed by atoms with Crippen LogP contribution in [0.15, 0.2) is 36.5 Å². The van der Waals surface area contributed by atoms with Crippen LogP contribution in [0.25, 0.3) is 11.1 Å². The topological polar surface area (TPSA) is 132 Å². The molecule has 0 unspecified atom stereocenters. The van der Waals surface area contributed by atoms with Crippen molar-refractivity contribution in [3.8, 4) is 45.6 Å². The van der Waals surface area contributed by atoms with Crippen LogP contribution in [-0.2, 0) is 20.7 Å². The number of carbonyl (C=O) groups is 2. The van der Waals surface area contributed by atoms with Crippen LogP contribution in [0, 0.1) is 11.8 Å². The van der Waals surface area contributed by atoms with Crippen molar-refractivity contribution < 1.29 is 47.9 Å². The van der Waals surface area contributed by atoms with Crippen molar-refractivity contribution in [1.29, 1.82) is 0 Å². The second-order valence-corrected chi connectivity index (χ2v) is 9.27. The van der Waals surface area contributed by atoms with Gasteiger partial charge in [-0.05, 0) is 47.9 Å². The molecule has 1 fully saturated rings. The molecule has 0 bridgehead atoms. The average molecular weight is 536 g/mol. The van der Waals surface area contributed by atoms with Gasteiger partial charge in [0.1, 0.15) is 11.9 Å². The number of fused-ring (bicyclic) bond motifs is 3. The van der Waals surface area contributed by atoms with E-state index in [9.17, 15) is 14.7 Å². The normalized spacial score (nSPS) is 20.5. The number of aromatic nitrogens is 1. The Morgan fingerprint density at radius 1 is 1.05 bits per heavy atom. The van der Waals surface area contributed by atoms with Gasteiger partial charge in [-0.25, -0.2) is 9.78 Å². The van der Waals surface area contributed by atoms with E-state index in [2.05, 4.69) is 4.98 Å². The minimum Gasteiger partial charge on any atom is -0.505 e. The Balaban J connectivity index is 1.54. The number of hydrogen-bond donors (Lipinski definition) is 1. The molecular weight excluding hydrogens is 510 g/mol. The zero-order valence-electron chi connectivity index (χ0n) is 21.4. The lowest BCUT2D eigenvalue weighted by Crippen LogP contribution is -2.33. The van der Waals surface area contributed by atoms with Gasteiger partial charge in [0.15, 0.2) is 28.7 Å². The molecule has 3 atom stereocenters. The molecule has 3 heterocycles.